The lowest BCUT2D eigenvalue weighted by Crippen LogP contribution is -1.97. The monoisotopic (exact) mass is 366 g/mol. The Hall–Kier alpha value is -2.62. The van der Waals surface area contributed by atoms with Crippen molar-refractivity contribution in [1.29, 1.82) is 0 Å². The van der Waals surface area contributed by atoms with E-state index >= 15 is 0 Å². The van der Waals surface area contributed by atoms with Gasteiger partial charge in [-0.25, -0.2) is 4.39 Å². The van der Waals surface area contributed by atoms with Crippen molar-refractivity contribution in [2.24, 2.45) is 0 Å². The Morgan fingerprint density at radius 3 is 2.37 bits per heavy atom. The summed E-state index contributed by atoms with van der Waals surface area (Å²) in [5.41, 5.74) is 9.01. The first kappa shape index (κ1) is 19.2. The molecule has 1 aromatic heterocycles. The lowest BCUT2D eigenvalue weighted by atomic mass is 10.1. The second-order valence-corrected chi connectivity index (χ2v) is 6.89. The first-order valence-corrected chi connectivity index (χ1v) is 9.75. The molecule has 4 heteroatoms. The summed E-state index contributed by atoms with van der Waals surface area (Å²) in [7, 11) is 0. The van der Waals surface area contributed by atoms with Crippen LogP contribution in [0.4, 0.5) is 10.1 Å². The van der Waals surface area contributed by atoms with Crippen LogP contribution in [0.3, 0.4) is 0 Å². The molecule has 27 heavy (non-hydrogen) atoms. The number of pyridine rings is 1. The number of hydrogen-bond acceptors (Lipinski definition) is 3. The molecule has 0 aliphatic heterocycles. The number of anilines is 1. The van der Waals surface area contributed by atoms with E-state index in [9.17, 15) is 4.39 Å². The third-order valence-electron chi connectivity index (χ3n) is 4.71. The molecular weight excluding hydrogens is 339 g/mol. The number of aryl methyl sites for hydroxylation is 1. The molecule has 0 bridgehead atoms. The van der Waals surface area contributed by atoms with Crippen LogP contribution < -0.4 is 10.5 Å². The molecule has 2 aromatic carbocycles. The predicted octanol–water partition coefficient (Wildman–Crippen LogP) is 5.92. The highest BCUT2D eigenvalue weighted by Gasteiger charge is 2.03. The SMILES string of the molecule is Nc1cc(CCCCCCCCOc2ccc(F)cc2)nc2ccccc12. The zero-order valence-corrected chi connectivity index (χ0v) is 15.7. The van der Waals surface area contributed by atoms with E-state index < -0.39 is 0 Å². The van der Waals surface area contributed by atoms with Crippen molar-refractivity contribution in [1.82, 2.24) is 4.98 Å². The van der Waals surface area contributed by atoms with Crippen molar-refractivity contribution in [3.63, 3.8) is 0 Å². The fourth-order valence-corrected chi connectivity index (χ4v) is 3.22. The van der Waals surface area contributed by atoms with Gasteiger partial charge < -0.3 is 10.5 Å². The zero-order chi connectivity index (χ0) is 18.9. The number of ether oxygens (including phenoxy) is 1. The second-order valence-electron chi connectivity index (χ2n) is 6.89. The lowest BCUT2D eigenvalue weighted by Gasteiger charge is -2.07. The number of para-hydroxylation sites is 1. The molecule has 0 unspecified atom stereocenters. The molecule has 0 aliphatic carbocycles. The van der Waals surface area contributed by atoms with Crippen molar-refractivity contribution in [2.45, 2.75) is 44.9 Å². The molecule has 0 aliphatic rings. The van der Waals surface area contributed by atoms with E-state index in [-0.39, 0.29) is 5.82 Å². The van der Waals surface area contributed by atoms with Crippen LogP contribution in [-0.4, -0.2) is 11.6 Å². The van der Waals surface area contributed by atoms with Gasteiger partial charge in [-0.05, 0) is 55.7 Å². The van der Waals surface area contributed by atoms with Gasteiger partial charge >= 0.3 is 0 Å². The molecule has 3 rings (SSSR count). The van der Waals surface area contributed by atoms with Crippen LogP contribution in [0.1, 0.15) is 44.2 Å². The molecule has 3 aromatic rings. The van der Waals surface area contributed by atoms with Gasteiger partial charge in [0.1, 0.15) is 11.6 Å². The molecule has 0 fully saturated rings. The molecule has 142 valence electrons. The largest absolute Gasteiger partial charge is 0.494 e. The predicted molar refractivity (Wildman–Crippen MR) is 109 cm³/mol. The number of aromatic nitrogens is 1. The first-order chi connectivity index (χ1) is 13.2. The first-order valence-electron chi connectivity index (χ1n) is 9.75. The topological polar surface area (TPSA) is 48.1 Å². The molecule has 1 heterocycles. The molecular formula is C23H27FN2O. The van der Waals surface area contributed by atoms with Gasteiger partial charge in [-0.3, -0.25) is 4.98 Å². The lowest BCUT2D eigenvalue weighted by molar-refractivity contribution is 0.304. The molecule has 2 N–H and O–H groups in total. The fourth-order valence-electron chi connectivity index (χ4n) is 3.22. The van der Waals surface area contributed by atoms with E-state index in [2.05, 4.69) is 0 Å². The van der Waals surface area contributed by atoms with E-state index in [0.717, 1.165) is 53.7 Å². The van der Waals surface area contributed by atoms with Crippen molar-refractivity contribution < 1.29 is 9.13 Å². The highest BCUT2D eigenvalue weighted by molar-refractivity contribution is 5.90. The number of hydrogen-bond donors (Lipinski definition) is 1. The molecule has 0 amide bonds. The number of rotatable bonds is 10. The van der Waals surface area contributed by atoms with Gasteiger partial charge in [-0.2, -0.15) is 0 Å². The highest BCUT2D eigenvalue weighted by atomic mass is 19.1. The third kappa shape index (κ3) is 5.95. The minimum atomic E-state index is -0.232. The van der Waals surface area contributed by atoms with Gasteiger partial charge in [0.05, 0.1) is 12.1 Å². The standard InChI is InChI=1S/C23H27FN2O/c24-18-12-14-20(15-13-18)27-16-8-4-2-1-3-5-9-19-17-22(25)21-10-6-7-11-23(21)26-19/h6-7,10-15,17H,1-5,8-9,16H2,(H2,25,26). The number of unbranched alkanes of at least 4 members (excludes halogenated alkanes) is 5. The van der Waals surface area contributed by atoms with Crippen molar-refractivity contribution in [3.05, 3.63) is 66.1 Å². The molecule has 0 saturated heterocycles. The molecule has 0 radical (unpaired) electrons. The van der Waals surface area contributed by atoms with Crippen LogP contribution in [0.5, 0.6) is 5.75 Å². The van der Waals surface area contributed by atoms with E-state index in [1.54, 1.807) is 12.1 Å². The van der Waals surface area contributed by atoms with Crippen molar-refractivity contribution >= 4 is 16.6 Å². The Bertz CT molecular complexity index is 849. The number of nitrogens with two attached hydrogens (primary N) is 1. The Kier molecular flexibility index (Phi) is 7.03. The van der Waals surface area contributed by atoms with E-state index in [1.807, 2.05) is 30.3 Å². The smallest absolute Gasteiger partial charge is 0.123 e. The Balaban J connectivity index is 1.27. The molecule has 3 nitrogen and oxygen atoms in total. The van der Waals surface area contributed by atoms with E-state index in [4.69, 9.17) is 15.5 Å². The number of fused-ring (bicyclic) bond motifs is 1. The van der Waals surface area contributed by atoms with Crippen LogP contribution in [-0.2, 0) is 6.42 Å². The number of nitrogens with zero attached hydrogens (tertiary/aromatic N) is 1. The third-order valence-corrected chi connectivity index (χ3v) is 4.71. The van der Waals surface area contributed by atoms with Crippen LogP contribution in [0.15, 0.2) is 54.6 Å². The summed E-state index contributed by atoms with van der Waals surface area (Å²) >= 11 is 0. The van der Waals surface area contributed by atoms with Gasteiger partial charge in [0.25, 0.3) is 0 Å². The van der Waals surface area contributed by atoms with Crippen LogP contribution in [0.25, 0.3) is 10.9 Å². The molecule has 0 atom stereocenters. The maximum atomic E-state index is 12.8. The molecule has 0 saturated carbocycles. The number of halogens is 1. The number of nitrogen functional groups attached to an aromatic ring is 1. The minimum Gasteiger partial charge on any atom is -0.494 e. The fraction of sp³-hybridized carbons (Fsp3) is 0.348. The van der Waals surface area contributed by atoms with Crippen molar-refractivity contribution in [3.8, 4) is 5.75 Å². The van der Waals surface area contributed by atoms with Gasteiger partial charge in [0, 0.05) is 16.8 Å². The number of benzene rings is 2. The van der Waals surface area contributed by atoms with Crippen LogP contribution in [0, 0.1) is 5.82 Å². The summed E-state index contributed by atoms with van der Waals surface area (Å²) in [4.78, 5) is 4.71. The second kappa shape index (κ2) is 9.91. The highest BCUT2D eigenvalue weighted by Crippen LogP contribution is 2.21. The Morgan fingerprint density at radius 2 is 1.56 bits per heavy atom. The van der Waals surface area contributed by atoms with E-state index in [0.29, 0.717) is 6.61 Å². The van der Waals surface area contributed by atoms with E-state index in [1.165, 1.54) is 31.4 Å². The van der Waals surface area contributed by atoms with Gasteiger partial charge in [-0.15, -0.1) is 0 Å². The summed E-state index contributed by atoms with van der Waals surface area (Å²) < 4.78 is 18.4. The maximum Gasteiger partial charge on any atom is 0.123 e. The summed E-state index contributed by atoms with van der Waals surface area (Å²) in [6, 6.07) is 16.2. The average Bonchev–Trinajstić information content (AvgIpc) is 2.68. The van der Waals surface area contributed by atoms with Crippen LogP contribution in [0.2, 0.25) is 0 Å². The quantitative estimate of drug-likeness (QED) is 0.453. The van der Waals surface area contributed by atoms with Crippen molar-refractivity contribution in [2.75, 3.05) is 12.3 Å². The maximum absolute atomic E-state index is 12.8. The summed E-state index contributed by atoms with van der Waals surface area (Å²) in [5.74, 6) is 0.502. The summed E-state index contributed by atoms with van der Waals surface area (Å²) in [5, 5.41) is 1.03. The van der Waals surface area contributed by atoms with Gasteiger partial charge in [0.2, 0.25) is 0 Å². The van der Waals surface area contributed by atoms with Gasteiger partial charge in [0.15, 0.2) is 0 Å². The van der Waals surface area contributed by atoms with Gasteiger partial charge in [-0.1, -0.05) is 43.9 Å². The zero-order valence-electron chi connectivity index (χ0n) is 15.7. The van der Waals surface area contributed by atoms with Crippen LogP contribution >= 0.6 is 0 Å². The Labute approximate surface area is 160 Å². The molecule has 0 spiro atoms. The minimum absolute atomic E-state index is 0.232. The summed E-state index contributed by atoms with van der Waals surface area (Å²) in [6.45, 7) is 0.686. The normalized spacial score (nSPS) is 11.0. The summed E-state index contributed by atoms with van der Waals surface area (Å²) in [6.07, 6.45) is 7.93. The Morgan fingerprint density at radius 1 is 0.852 bits per heavy atom. The average molecular weight is 366 g/mol.